The first-order valence-electron chi connectivity index (χ1n) is 4.31. The van der Waals surface area contributed by atoms with E-state index >= 15 is 0 Å². The Morgan fingerprint density at radius 2 is 1.81 bits per heavy atom. The van der Waals surface area contributed by atoms with Crippen molar-refractivity contribution >= 4 is 12.4 Å². The SMILES string of the molecule is O=COC(=O)CCc1cc(F)c(F)c(F)c1. The third-order valence-corrected chi connectivity index (χ3v) is 1.84. The molecular formula is C10H7F3O3. The van der Waals surface area contributed by atoms with Crippen LogP contribution >= 0.6 is 0 Å². The van der Waals surface area contributed by atoms with Gasteiger partial charge in [0.25, 0.3) is 0 Å². The maximum Gasteiger partial charge on any atom is 0.313 e. The molecule has 0 radical (unpaired) electrons. The normalized spacial score (nSPS) is 9.94. The molecule has 0 aliphatic carbocycles. The molecule has 0 heterocycles. The van der Waals surface area contributed by atoms with Crippen LogP contribution in [0.1, 0.15) is 12.0 Å². The Hall–Kier alpha value is -1.85. The van der Waals surface area contributed by atoms with E-state index in [4.69, 9.17) is 0 Å². The summed E-state index contributed by atoms with van der Waals surface area (Å²) in [7, 11) is 0. The first-order valence-corrected chi connectivity index (χ1v) is 4.31. The van der Waals surface area contributed by atoms with E-state index in [1.54, 1.807) is 0 Å². The molecule has 1 rings (SSSR count). The molecule has 0 saturated heterocycles. The molecule has 0 fully saturated rings. The number of esters is 1. The standard InChI is InChI=1S/C10H7F3O3/c11-7-3-6(4-8(12)10(7)13)1-2-9(15)16-5-14/h3-5H,1-2H2. The molecule has 0 unspecified atom stereocenters. The van der Waals surface area contributed by atoms with Crippen LogP contribution in [0, 0.1) is 17.5 Å². The average Bonchev–Trinajstić information content (AvgIpc) is 2.23. The number of carbonyl (C=O) groups excluding carboxylic acids is 2. The van der Waals surface area contributed by atoms with Gasteiger partial charge in [0.1, 0.15) is 0 Å². The smallest absolute Gasteiger partial charge is 0.313 e. The van der Waals surface area contributed by atoms with Gasteiger partial charge in [0.15, 0.2) is 17.5 Å². The van der Waals surface area contributed by atoms with E-state index in [0.29, 0.717) is 0 Å². The summed E-state index contributed by atoms with van der Waals surface area (Å²) in [6.45, 7) is -0.0336. The van der Waals surface area contributed by atoms with Crippen LogP contribution in [0.25, 0.3) is 0 Å². The van der Waals surface area contributed by atoms with Crippen LogP contribution in [0.4, 0.5) is 13.2 Å². The van der Waals surface area contributed by atoms with Crippen molar-refractivity contribution in [2.45, 2.75) is 12.8 Å². The van der Waals surface area contributed by atoms with Gasteiger partial charge in [0.05, 0.1) is 6.42 Å². The Bertz CT molecular complexity index is 395. The maximum atomic E-state index is 12.7. The molecule has 6 heteroatoms. The number of rotatable bonds is 4. The molecule has 0 bridgehead atoms. The van der Waals surface area contributed by atoms with Crippen molar-refractivity contribution in [2.24, 2.45) is 0 Å². The molecule has 3 nitrogen and oxygen atoms in total. The number of benzene rings is 1. The number of halogens is 3. The minimum atomic E-state index is -1.56. The van der Waals surface area contributed by atoms with Crippen molar-refractivity contribution in [3.05, 3.63) is 35.1 Å². The zero-order valence-electron chi connectivity index (χ0n) is 8.00. The fourth-order valence-corrected chi connectivity index (χ4v) is 1.11. The predicted molar refractivity (Wildman–Crippen MR) is 46.8 cm³/mol. The summed E-state index contributed by atoms with van der Waals surface area (Å²) in [6, 6.07) is 1.57. The summed E-state index contributed by atoms with van der Waals surface area (Å²) >= 11 is 0. The van der Waals surface area contributed by atoms with Gasteiger partial charge in [0, 0.05) is 0 Å². The summed E-state index contributed by atoms with van der Waals surface area (Å²) < 4.78 is 42.0. The topological polar surface area (TPSA) is 43.4 Å². The van der Waals surface area contributed by atoms with Gasteiger partial charge in [-0.05, 0) is 24.1 Å². The van der Waals surface area contributed by atoms with Crippen molar-refractivity contribution in [3.8, 4) is 0 Å². The number of hydrogen-bond donors (Lipinski definition) is 0. The Morgan fingerprint density at radius 1 is 1.25 bits per heavy atom. The highest BCUT2D eigenvalue weighted by atomic mass is 19.2. The second kappa shape index (κ2) is 5.29. The molecule has 0 N–H and O–H groups in total. The van der Waals surface area contributed by atoms with Crippen LogP contribution in [-0.2, 0) is 20.7 Å². The first-order chi connectivity index (χ1) is 7.54. The van der Waals surface area contributed by atoms with Gasteiger partial charge in [-0.15, -0.1) is 0 Å². The summed E-state index contributed by atoms with van der Waals surface area (Å²) in [5.41, 5.74) is 0.110. The Labute approximate surface area is 88.8 Å². The van der Waals surface area contributed by atoms with Crippen LogP contribution in [0.2, 0.25) is 0 Å². The minimum Gasteiger partial charge on any atom is -0.395 e. The van der Waals surface area contributed by atoms with Crippen molar-refractivity contribution in [1.82, 2.24) is 0 Å². The number of ether oxygens (including phenoxy) is 1. The van der Waals surface area contributed by atoms with Crippen molar-refractivity contribution in [2.75, 3.05) is 0 Å². The third kappa shape index (κ3) is 3.08. The van der Waals surface area contributed by atoms with E-state index in [0.717, 1.165) is 12.1 Å². The number of carbonyl (C=O) groups is 2. The Balaban J connectivity index is 2.68. The molecule has 86 valence electrons. The second-order valence-electron chi connectivity index (χ2n) is 2.96. The highest BCUT2D eigenvalue weighted by Gasteiger charge is 2.11. The van der Waals surface area contributed by atoms with Gasteiger partial charge in [-0.25, -0.2) is 13.2 Å². The lowest BCUT2D eigenvalue weighted by Gasteiger charge is -2.02. The van der Waals surface area contributed by atoms with E-state index in [-0.39, 0.29) is 24.9 Å². The summed E-state index contributed by atoms with van der Waals surface area (Å²) in [5, 5.41) is 0. The molecule has 1 aromatic carbocycles. The van der Waals surface area contributed by atoms with Crippen molar-refractivity contribution in [1.29, 1.82) is 0 Å². The van der Waals surface area contributed by atoms with Crippen LogP contribution in [0.3, 0.4) is 0 Å². The minimum absolute atomic E-state index is 0.0336. The van der Waals surface area contributed by atoms with E-state index < -0.39 is 23.4 Å². The largest absolute Gasteiger partial charge is 0.395 e. The van der Waals surface area contributed by atoms with Gasteiger partial charge in [0.2, 0.25) is 0 Å². The van der Waals surface area contributed by atoms with Crippen LogP contribution in [-0.4, -0.2) is 12.4 Å². The highest BCUT2D eigenvalue weighted by molar-refractivity contribution is 5.76. The third-order valence-electron chi connectivity index (χ3n) is 1.84. The van der Waals surface area contributed by atoms with Crippen LogP contribution in [0.5, 0.6) is 0 Å². The summed E-state index contributed by atoms with van der Waals surface area (Å²) in [5.74, 6) is -5.02. The molecule has 1 aromatic rings. The molecule has 0 atom stereocenters. The average molecular weight is 232 g/mol. The van der Waals surface area contributed by atoms with Gasteiger partial charge in [-0.3, -0.25) is 9.59 Å². The molecule has 16 heavy (non-hydrogen) atoms. The van der Waals surface area contributed by atoms with Gasteiger partial charge in [-0.1, -0.05) is 0 Å². The fraction of sp³-hybridized carbons (Fsp3) is 0.200. The molecule has 0 amide bonds. The zero-order chi connectivity index (χ0) is 12.1. The molecule has 0 aliphatic heterocycles. The van der Waals surface area contributed by atoms with E-state index in [1.807, 2.05) is 0 Å². The highest BCUT2D eigenvalue weighted by Crippen LogP contribution is 2.14. The Kier molecular flexibility index (Phi) is 4.04. The molecule has 0 aliphatic rings. The van der Waals surface area contributed by atoms with Gasteiger partial charge >= 0.3 is 12.4 Å². The monoisotopic (exact) mass is 232 g/mol. The number of hydrogen-bond acceptors (Lipinski definition) is 3. The van der Waals surface area contributed by atoms with E-state index in [1.165, 1.54) is 0 Å². The summed E-state index contributed by atoms with van der Waals surface area (Å²) in [4.78, 5) is 20.5. The zero-order valence-corrected chi connectivity index (χ0v) is 8.00. The quantitative estimate of drug-likeness (QED) is 0.343. The number of aryl methyl sites for hydroxylation is 1. The Morgan fingerprint density at radius 3 is 2.31 bits per heavy atom. The lowest BCUT2D eigenvalue weighted by Crippen LogP contribution is -2.05. The second-order valence-corrected chi connectivity index (χ2v) is 2.96. The molecule has 0 aromatic heterocycles. The molecule has 0 spiro atoms. The van der Waals surface area contributed by atoms with E-state index in [2.05, 4.69) is 4.74 Å². The first kappa shape index (κ1) is 12.2. The predicted octanol–water partition coefficient (Wildman–Crippen LogP) is 1.74. The van der Waals surface area contributed by atoms with Crippen molar-refractivity contribution in [3.63, 3.8) is 0 Å². The lowest BCUT2D eigenvalue weighted by molar-refractivity contribution is -0.151. The molecule has 0 saturated carbocycles. The van der Waals surface area contributed by atoms with Gasteiger partial charge < -0.3 is 4.74 Å². The van der Waals surface area contributed by atoms with Crippen molar-refractivity contribution < 1.29 is 27.5 Å². The molecular weight excluding hydrogens is 225 g/mol. The van der Waals surface area contributed by atoms with Crippen LogP contribution in [0.15, 0.2) is 12.1 Å². The van der Waals surface area contributed by atoms with Gasteiger partial charge in [-0.2, -0.15) is 0 Å². The lowest BCUT2D eigenvalue weighted by atomic mass is 10.1. The fourth-order valence-electron chi connectivity index (χ4n) is 1.11. The maximum absolute atomic E-state index is 12.7. The van der Waals surface area contributed by atoms with Crippen LogP contribution < -0.4 is 0 Å². The summed E-state index contributed by atoms with van der Waals surface area (Å²) in [6.07, 6.45) is -0.260. The van der Waals surface area contributed by atoms with E-state index in [9.17, 15) is 22.8 Å².